The van der Waals surface area contributed by atoms with E-state index in [9.17, 15) is 14.0 Å². The van der Waals surface area contributed by atoms with Crippen molar-refractivity contribution in [2.75, 3.05) is 13.7 Å². The average Bonchev–Trinajstić information content (AvgIpc) is 3.26. The number of thiazole rings is 1. The van der Waals surface area contributed by atoms with Crippen LogP contribution < -0.4 is 24.4 Å². The zero-order chi connectivity index (χ0) is 30.0. The number of benzene rings is 3. The molecule has 3 aromatic carbocycles. The number of esters is 1. The van der Waals surface area contributed by atoms with Crippen molar-refractivity contribution in [1.29, 1.82) is 0 Å². The minimum Gasteiger partial charge on any atom is -0.496 e. The number of nitrogens with zero attached hydrogens (tertiary/aromatic N) is 2. The summed E-state index contributed by atoms with van der Waals surface area (Å²) in [5.74, 6) is 0.155. The van der Waals surface area contributed by atoms with Crippen LogP contribution in [0.2, 0.25) is 0 Å². The predicted molar refractivity (Wildman–Crippen MR) is 166 cm³/mol. The summed E-state index contributed by atoms with van der Waals surface area (Å²) in [5.41, 5.74) is 2.24. The van der Waals surface area contributed by atoms with Gasteiger partial charge in [-0.15, -0.1) is 0 Å². The third-order valence-electron chi connectivity index (χ3n) is 6.60. The minimum atomic E-state index is -0.786. The first-order valence-electron chi connectivity index (χ1n) is 12.9. The highest BCUT2D eigenvalue weighted by atomic mass is 79.9. The molecule has 2 heterocycles. The van der Waals surface area contributed by atoms with Crippen molar-refractivity contribution in [2.45, 2.75) is 26.5 Å². The summed E-state index contributed by atoms with van der Waals surface area (Å²) in [5, 5.41) is 0. The zero-order valence-corrected chi connectivity index (χ0v) is 26.8. The smallest absolute Gasteiger partial charge is 0.338 e. The summed E-state index contributed by atoms with van der Waals surface area (Å²) in [6.07, 6.45) is 1.75. The van der Waals surface area contributed by atoms with Crippen LogP contribution in [-0.4, -0.2) is 24.3 Å². The first kappa shape index (κ1) is 29.9. The molecule has 0 saturated carbocycles. The lowest BCUT2D eigenvalue weighted by Crippen LogP contribution is -2.40. The Balaban J connectivity index is 1.58. The van der Waals surface area contributed by atoms with E-state index in [0.29, 0.717) is 52.2 Å². The normalized spacial score (nSPS) is 14.8. The van der Waals surface area contributed by atoms with Crippen molar-refractivity contribution in [1.82, 2.24) is 4.57 Å². The fourth-order valence-electron chi connectivity index (χ4n) is 4.70. The molecule has 0 radical (unpaired) electrons. The highest BCUT2D eigenvalue weighted by Crippen LogP contribution is 2.37. The van der Waals surface area contributed by atoms with E-state index in [2.05, 4.69) is 36.9 Å². The number of methoxy groups -OCH3 is 1. The Hall–Kier alpha value is -3.54. The number of carbonyl (C=O) groups is 1. The van der Waals surface area contributed by atoms with Crippen LogP contribution in [0.15, 0.2) is 90.7 Å². The van der Waals surface area contributed by atoms with Crippen molar-refractivity contribution >= 4 is 55.2 Å². The molecule has 0 spiro atoms. The summed E-state index contributed by atoms with van der Waals surface area (Å²) in [4.78, 5) is 32.2. The Morgan fingerprint density at radius 3 is 2.50 bits per heavy atom. The fraction of sp³-hybridized carbons (Fsp3) is 0.194. The van der Waals surface area contributed by atoms with Gasteiger partial charge in [-0.2, -0.15) is 0 Å². The molecule has 0 saturated heterocycles. The van der Waals surface area contributed by atoms with Crippen LogP contribution in [0.25, 0.3) is 6.08 Å². The monoisotopic (exact) mass is 714 g/mol. The number of carbonyl (C=O) groups excluding carboxylic acids is 1. The molecule has 11 heteroatoms. The third kappa shape index (κ3) is 5.86. The second kappa shape index (κ2) is 12.8. The lowest BCUT2D eigenvalue weighted by molar-refractivity contribution is -0.139. The molecule has 0 fully saturated rings. The van der Waals surface area contributed by atoms with Gasteiger partial charge in [0.25, 0.3) is 5.56 Å². The first-order chi connectivity index (χ1) is 20.2. The molecule has 216 valence electrons. The van der Waals surface area contributed by atoms with Gasteiger partial charge in [0.05, 0.1) is 38.5 Å². The van der Waals surface area contributed by atoms with Crippen molar-refractivity contribution < 1.29 is 23.4 Å². The number of hydrogen-bond donors (Lipinski definition) is 0. The Bertz CT molecular complexity index is 1880. The largest absolute Gasteiger partial charge is 0.496 e. The van der Waals surface area contributed by atoms with Gasteiger partial charge in [0.15, 0.2) is 4.80 Å². The zero-order valence-electron chi connectivity index (χ0n) is 22.8. The molecule has 0 amide bonds. The average molecular weight is 716 g/mol. The summed E-state index contributed by atoms with van der Waals surface area (Å²) in [6.45, 7) is 3.70. The maximum atomic E-state index is 14.1. The lowest BCUT2D eigenvalue weighted by Gasteiger charge is -2.25. The molecular formula is C31H25Br2FN2O5S. The standard InChI is InChI=1S/C31H25Br2FN2O5S/c1-4-40-30(38)26-17(2)35-31-36(27(26)20-10-6-8-12-24(20)39-3)29(37)25(42-31)15-18-13-21(32)28(22(33)14-18)41-16-19-9-5-7-11-23(19)34/h5-15,27H,4,16H2,1-3H3. The Labute approximate surface area is 261 Å². The van der Waals surface area contributed by atoms with Gasteiger partial charge in [0.2, 0.25) is 0 Å². The summed E-state index contributed by atoms with van der Waals surface area (Å²) in [6, 6.07) is 16.5. The van der Waals surface area contributed by atoms with Gasteiger partial charge in [-0.3, -0.25) is 9.36 Å². The molecule has 1 aliphatic heterocycles. The van der Waals surface area contributed by atoms with E-state index >= 15 is 0 Å². The van der Waals surface area contributed by atoms with Crippen LogP contribution in [0.3, 0.4) is 0 Å². The van der Waals surface area contributed by atoms with Crippen LogP contribution in [0.5, 0.6) is 11.5 Å². The molecule has 1 unspecified atom stereocenters. The number of hydrogen-bond acceptors (Lipinski definition) is 7. The number of aromatic nitrogens is 1. The molecule has 1 aliphatic rings. The number of rotatable bonds is 8. The molecule has 1 aromatic heterocycles. The Kier molecular flexibility index (Phi) is 9.10. The molecule has 42 heavy (non-hydrogen) atoms. The van der Waals surface area contributed by atoms with E-state index in [4.69, 9.17) is 14.2 Å². The van der Waals surface area contributed by atoms with E-state index in [0.717, 1.165) is 0 Å². The number of para-hydroxylation sites is 1. The molecule has 0 aliphatic carbocycles. The van der Waals surface area contributed by atoms with E-state index in [-0.39, 0.29) is 30.2 Å². The van der Waals surface area contributed by atoms with E-state index in [1.807, 2.05) is 30.3 Å². The van der Waals surface area contributed by atoms with E-state index < -0.39 is 12.0 Å². The topological polar surface area (TPSA) is 79.1 Å². The summed E-state index contributed by atoms with van der Waals surface area (Å²) >= 11 is 8.31. The van der Waals surface area contributed by atoms with Gasteiger partial charge < -0.3 is 14.2 Å². The van der Waals surface area contributed by atoms with Crippen molar-refractivity contribution in [3.63, 3.8) is 0 Å². The first-order valence-corrected chi connectivity index (χ1v) is 15.3. The highest BCUT2D eigenvalue weighted by molar-refractivity contribution is 9.11. The summed E-state index contributed by atoms with van der Waals surface area (Å²) < 4.78 is 34.1. The van der Waals surface area contributed by atoms with Crippen LogP contribution >= 0.6 is 43.2 Å². The molecule has 7 nitrogen and oxygen atoms in total. The molecular weight excluding hydrogens is 691 g/mol. The third-order valence-corrected chi connectivity index (χ3v) is 8.76. The van der Waals surface area contributed by atoms with E-state index in [1.54, 1.807) is 51.3 Å². The number of halogens is 3. The van der Waals surface area contributed by atoms with Crippen LogP contribution in [0.4, 0.5) is 4.39 Å². The Morgan fingerprint density at radius 2 is 1.81 bits per heavy atom. The predicted octanol–water partition coefficient (Wildman–Crippen LogP) is 6.05. The molecule has 5 rings (SSSR count). The summed E-state index contributed by atoms with van der Waals surface area (Å²) in [7, 11) is 1.54. The van der Waals surface area contributed by atoms with Crippen molar-refractivity contribution in [3.8, 4) is 11.5 Å². The molecule has 1 atom stereocenters. The lowest BCUT2D eigenvalue weighted by atomic mass is 9.95. The van der Waals surface area contributed by atoms with Gasteiger partial charge >= 0.3 is 5.97 Å². The van der Waals surface area contributed by atoms with Gasteiger partial charge in [-0.25, -0.2) is 14.2 Å². The number of allylic oxidation sites excluding steroid dienone is 1. The Morgan fingerprint density at radius 1 is 1.12 bits per heavy atom. The molecule has 4 aromatic rings. The fourth-order valence-corrected chi connectivity index (χ4v) is 7.19. The second-order valence-corrected chi connectivity index (χ2v) is 12.0. The van der Waals surface area contributed by atoms with Crippen LogP contribution in [0, 0.1) is 5.82 Å². The second-order valence-electron chi connectivity index (χ2n) is 9.24. The van der Waals surface area contributed by atoms with E-state index in [1.165, 1.54) is 22.0 Å². The molecule has 0 bridgehead atoms. The van der Waals surface area contributed by atoms with Gasteiger partial charge in [0, 0.05) is 11.1 Å². The van der Waals surface area contributed by atoms with Gasteiger partial charge in [-0.1, -0.05) is 47.7 Å². The van der Waals surface area contributed by atoms with Crippen LogP contribution in [-0.2, 0) is 16.1 Å². The number of ether oxygens (including phenoxy) is 3. The quantitative estimate of drug-likeness (QED) is 0.208. The highest BCUT2D eigenvalue weighted by Gasteiger charge is 2.35. The SMILES string of the molecule is CCOC(=O)C1=C(C)N=c2sc(=Cc3cc(Br)c(OCc4ccccc4F)c(Br)c3)c(=O)n2C1c1ccccc1OC. The molecule has 0 N–H and O–H groups in total. The maximum absolute atomic E-state index is 14.1. The van der Waals surface area contributed by atoms with Gasteiger partial charge in [0.1, 0.15) is 30.0 Å². The number of fused-ring (bicyclic) bond motifs is 1. The van der Waals surface area contributed by atoms with Crippen molar-refractivity contribution in [3.05, 3.63) is 123 Å². The minimum absolute atomic E-state index is 0.0485. The van der Waals surface area contributed by atoms with Crippen LogP contribution in [0.1, 0.15) is 36.6 Å². The van der Waals surface area contributed by atoms with Crippen molar-refractivity contribution in [2.24, 2.45) is 4.99 Å². The van der Waals surface area contributed by atoms with Gasteiger partial charge in [-0.05, 0) is 81.6 Å². The maximum Gasteiger partial charge on any atom is 0.338 e.